The molecule has 1 radical (unpaired) electrons. The third-order valence-corrected chi connectivity index (χ3v) is 5.32. The maximum Gasteiger partial charge on any atom is 0.312 e. The Hall–Kier alpha value is -2.93. The molecule has 1 aromatic carbocycles. The van der Waals surface area contributed by atoms with Gasteiger partial charge in [0.25, 0.3) is 0 Å². The van der Waals surface area contributed by atoms with E-state index in [-0.39, 0.29) is 12.1 Å². The summed E-state index contributed by atoms with van der Waals surface area (Å²) in [6.45, 7) is 8.58. The van der Waals surface area contributed by atoms with Gasteiger partial charge in [-0.3, -0.25) is 9.78 Å². The number of carbonyl (C=O) groups excluding carboxylic acids is 1. The molecule has 0 spiro atoms. The van der Waals surface area contributed by atoms with E-state index in [9.17, 15) is 4.79 Å². The Morgan fingerprint density at radius 2 is 2.07 bits per heavy atom. The molecule has 4 rings (SSSR count). The van der Waals surface area contributed by atoms with Gasteiger partial charge >= 0.3 is 6.41 Å². The number of hydrogen-bond acceptors (Lipinski definition) is 5. The largest absolute Gasteiger partial charge is 0.373 e. The van der Waals surface area contributed by atoms with Crippen LogP contribution in [0.4, 0.5) is 5.82 Å². The Kier molecular flexibility index (Phi) is 5.49. The van der Waals surface area contributed by atoms with Gasteiger partial charge in [-0.25, -0.2) is 4.68 Å². The van der Waals surface area contributed by atoms with Gasteiger partial charge in [-0.2, -0.15) is 0 Å². The van der Waals surface area contributed by atoms with Crippen LogP contribution in [0.2, 0.25) is 0 Å². The molecule has 1 unspecified atom stereocenters. The van der Waals surface area contributed by atoms with Crippen molar-refractivity contribution in [3.8, 4) is 5.69 Å². The second-order valence-electron chi connectivity index (χ2n) is 7.74. The fraction of sp³-hybridized carbons (Fsp3) is 0.409. The number of aromatic nitrogens is 3. The van der Waals surface area contributed by atoms with Crippen molar-refractivity contribution >= 4 is 23.1 Å². The number of ether oxygens (including phenoxy) is 1. The van der Waals surface area contributed by atoms with Crippen molar-refractivity contribution in [3.63, 3.8) is 0 Å². The predicted molar refractivity (Wildman–Crippen MR) is 113 cm³/mol. The minimum Gasteiger partial charge on any atom is -0.373 e. The lowest BCUT2D eigenvalue weighted by Crippen LogP contribution is -2.48. The summed E-state index contributed by atoms with van der Waals surface area (Å²) in [6.07, 6.45) is 5.60. The molecule has 0 aliphatic carbocycles. The molecule has 1 amide bonds. The van der Waals surface area contributed by atoms with E-state index < -0.39 is 0 Å². The van der Waals surface area contributed by atoms with Crippen LogP contribution in [0.3, 0.4) is 0 Å². The Morgan fingerprint density at radius 3 is 2.79 bits per heavy atom. The minimum absolute atomic E-state index is 0.0750. The average Bonchev–Trinajstić information content (AvgIpc) is 3.12. The van der Waals surface area contributed by atoms with Crippen LogP contribution in [0.5, 0.6) is 0 Å². The molecule has 1 fully saturated rings. The fourth-order valence-corrected chi connectivity index (χ4v) is 3.66. The molecule has 2 aromatic heterocycles. The smallest absolute Gasteiger partial charge is 0.312 e. The van der Waals surface area contributed by atoms with Gasteiger partial charge in [-0.1, -0.05) is 17.7 Å². The number of benzene rings is 1. The number of rotatable bonds is 6. The van der Waals surface area contributed by atoms with Crippen molar-refractivity contribution in [2.75, 3.05) is 31.1 Å². The van der Waals surface area contributed by atoms with Crippen molar-refractivity contribution in [2.45, 2.75) is 32.9 Å². The van der Waals surface area contributed by atoms with E-state index in [1.54, 1.807) is 11.1 Å². The summed E-state index contributed by atoms with van der Waals surface area (Å²) in [5.74, 6) is 0.919. The van der Waals surface area contributed by atoms with Crippen LogP contribution in [-0.4, -0.2) is 64.5 Å². The third kappa shape index (κ3) is 3.96. The maximum absolute atomic E-state index is 11.2. The summed E-state index contributed by atoms with van der Waals surface area (Å²) < 4.78 is 7.87. The number of pyridine rings is 1. The van der Waals surface area contributed by atoms with Gasteiger partial charge < -0.3 is 14.5 Å². The molecule has 7 heteroatoms. The molecule has 29 heavy (non-hydrogen) atoms. The van der Waals surface area contributed by atoms with E-state index in [0.717, 1.165) is 29.0 Å². The SMILES string of the molecule is Cc1ccc(-n2nc(N3CCOC(CN([C]=O)C(C)C)C3)c3ccncc32)cc1. The number of morpholine rings is 1. The molecule has 1 aliphatic rings. The predicted octanol–water partition coefficient (Wildman–Crippen LogP) is 2.71. The Balaban J connectivity index is 1.65. The van der Waals surface area contributed by atoms with Crippen LogP contribution in [0.25, 0.3) is 16.6 Å². The fourth-order valence-electron chi connectivity index (χ4n) is 3.66. The highest BCUT2D eigenvalue weighted by Crippen LogP contribution is 2.29. The van der Waals surface area contributed by atoms with Gasteiger partial charge in [0.2, 0.25) is 0 Å². The monoisotopic (exact) mass is 392 g/mol. The molecule has 0 saturated carbocycles. The zero-order valence-electron chi connectivity index (χ0n) is 17.1. The van der Waals surface area contributed by atoms with Crippen molar-refractivity contribution in [2.24, 2.45) is 0 Å². The molecule has 151 valence electrons. The molecular formula is C22H26N5O2. The average molecular weight is 392 g/mol. The molecule has 0 bridgehead atoms. The number of nitrogens with zero attached hydrogens (tertiary/aromatic N) is 5. The van der Waals surface area contributed by atoms with Crippen LogP contribution in [0.1, 0.15) is 19.4 Å². The summed E-state index contributed by atoms with van der Waals surface area (Å²) in [5.41, 5.74) is 3.19. The minimum atomic E-state index is -0.0750. The number of anilines is 1. The normalized spacial score (nSPS) is 17.1. The highest BCUT2D eigenvalue weighted by Gasteiger charge is 2.27. The molecular weight excluding hydrogens is 366 g/mol. The summed E-state index contributed by atoms with van der Waals surface area (Å²) in [7, 11) is 0. The molecule has 3 heterocycles. The van der Waals surface area contributed by atoms with E-state index in [4.69, 9.17) is 9.84 Å². The first-order valence-electron chi connectivity index (χ1n) is 9.97. The first-order chi connectivity index (χ1) is 14.1. The molecule has 0 N–H and O–H groups in total. The highest BCUT2D eigenvalue weighted by molar-refractivity contribution is 5.91. The van der Waals surface area contributed by atoms with Crippen molar-refractivity contribution in [1.29, 1.82) is 0 Å². The van der Waals surface area contributed by atoms with Crippen LogP contribution < -0.4 is 4.90 Å². The standard InChI is InChI=1S/C22H26N5O2/c1-16(2)26(15-28)14-19-13-25(10-11-29-19)22-20-8-9-23-12-21(20)27(24-22)18-6-4-17(3)5-7-18/h4-9,12,16,19H,10-11,13-14H2,1-3H3. The maximum atomic E-state index is 11.2. The lowest BCUT2D eigenvalue weighted by molar-refractivity contribution is 0.0230. The number of aryl methyl sites for hydroxylation is 1. The number of hydrogen-bond donors (Lipinski definition) is 0. The Bertz CT molecular complexity index is 983. The molecule has 1 saturated heterocycles. The number of fused-ring (bicyclic) bond motifs is 1. The molecule has 7 nitrogen and oxygen atoms in total. The summed E-state index contributed by atoms with van der Waals surface area (Å²) in [5, 5.41) is 6.00. The van der Waals surface area contributed by atoms with Crippen molar-refractivity contribution in [3.05, 3.63) is 48.3 Å². The van der Waals surface area contributed by atoms with Crippen LogP contribution in [0.15, 0.2) is 42.7 Å². The van der Waals surface area contributed by atoms with Gasteiger partial charge in [0.1, 0.15) is 0 Å². The Labute approximate surface area is 170 Å². The van der Waals surface area contributed by atoms with Crippen molar-refractivity contribution in [1.82, 2.24) is 19.7 Å². The van der Waals surface area contributed by atoms with Gasteiger partial charge in [0.15, 0.2) is 5.82 Å². The van der Waals surface area contributed by atoms with Gasteiger partial charge in [0.05, 0.1) is 30.1 Å². The second-order valence-corrected chi connectivity index (χ2v) is 7.74. The lowest BCUT2D eigenvalue weighted by atomic mass is 10.2. The highest BCUT2D eigenvalue weighted by atomic mass is 16.5. The van der Waals surface area contributed by atoms with E-state index >= 15 is 0 Å². The molecule has 3 aromatic rings. The van der Waals surface area contributed by atoms with E-state index in [1.807, 2.05) is 37.2 Å². The van der Waals surface area contributed by atoms with Gasteiger partial charge in [0, 0.05) is 37.3 Å². The molecule has 1 atom stereocenters. The first kappa shape index (κ1) is 19.4. The number of amides is 1. The zero-order valence-corrected chi connectivity index (χ0v) is 17.1. The van der Waals surface area contributed by atoms with Crippen molar-refractivity contribution < 1.29 is 9.53 Å². The van der Waals surface area contributed by atoms with Crippen LogP contribution in [-0.2, 0) is 9.53 Å². The van der Waals surface area contributed by atoms with Gasteiger partial charge in [-0.15, -0.1) is 5.10 Å². The van der Waals surface area contributed by atoms with E-state index in [2.05, 4.69) is 41.1 Å². The van der Waals surface area contributed by atoms with Crippen LogP contribution >= 0.6 is 0 Å². The van der Waals surface area contributed by atoms with E-state index in [1.165, 1.54) is 5.56 Å². The summed E-state index contributed by atoms with van der Waals surface area (Å²) in [6, 6.07) is 10.4. The summed E-state index contributed by atoms with van der Waals surface area (Å²) >= 11 is 0. The first-order valence-corrected chi connectivity index (χ1v) is 9.97. The third-order valence-electron chi connectivity index (χ3n) is 5.32. The Morgan fingerprint density at radius 1 is 1.28 bits per heavy atom. The topological polar surface area (TPSA) is 63.5 Å². The molecule has 1 aliphatic heterocycles. The quantitative estimate of drug-likeness (QED) is 0.604. The van der Waals surface area contributed by atoms with Gasteiger partial charge in [-0.05, 0) is 39.0 Å². The second kappa shape index (κ2) is 8.21. The lowest BCUT2D eigenvalue weighted by Gasteiger charge is -2.35. The summed E-state index contributed by atoms with van der Waals surface area (Å²) in [4.78, 5) is 19.4. The van der Waals surface area contributed by atoms with Crippen LogP contribution in [0, 0.1) is 6.92 Å². The van der Waals surface area contributed by atoms with E-state index in [0.29, 0.717) is 19.7 Å². The zero-order chi connectivity index (χ0) is 20.4.